The summed E-state index contributed by atoms with van der Waals surface area (Å²) >= 11 is 0. The summed E-state index contributed by atoms with van der Waals surface area (Å²) < 4.78 is 5.39. The fraction of sp³-hybridized carbons (Fsp3) is 0. The summed E-state index contributed by atoms with van der Waals surface area (Å²) in [5.41, 5.74) is 4.26. The average Bonchev–Trinajstić information content (AvgIpc) is 3.05. The predicted molar refractivity (Wildman–Crippen MR) is 83.1 cm³/mol. The lowest BCUT2D eigenvalue weighted by atomic mass is 10.1. The van der Waals surface area contributed by atoms with Crippen LogP contribution in [0.1, 0.15) is 11.1 Å². The molecule has 0 aliphatic carbocycles. The van der Waals surface area contributed by atoms with Crippen LogP contribution >= 0.6 is 0 Å². The summed E-state index contributed by atoms with van der Waals surface area (Å²) in [6.45, 7) is 0. The molecule has 1 aromatic heterocycles. The van der Waals surface area contributed by atoms with Gasteiger partial charge in [0.05, 0.1) is 0 Å². The van der Waals surface area contributed by atoms with Gasteiger partial charge in [-0.2, -0.15) is 0 Å². The molecule has 21 heavy (non-hydrogen) atoms. The third-order valence-electron chi connectivity index (χ3n) is 3.22. The van der Waals surface area contributed by atoms with Crippen LogP contribution in [0, 0.1) is 10.8 Å². The maximum atomic E-state index is 7.29. The lowest BCUT2D eigenvalue weighted by Gasteiger charge is -1.97. The maximum Gasteiger partial charge on any atom is 0.167 e. The monoisotopic (exact) mass is 275 g/mol. The molecular weight excluding hydrogens is 262 g/mol. The Morgan fingerprint density at radius 2 is 1.57 bits per heavy atom. The number of nitrogens with one attached hydrogen (secondary N) is 2. The topological polar surface area (TPSA) is 73.7 Å². The van der Waals surface area contributed by atoms with Gasteiger partial charge in [0.25, 0.3) is 0 Å². The van der Waals surface area contributed by atoms with Crippen LogP contribution < -0.4 is 0 Å². The normalized spacial score (nSPS) is 10.3. The minimum Gasteiger partial charge on any atom is -0.356 e. The largest absolute Gasteiger partial charge is 0.356 e. The van der Waals surface area contributed by atoms with Crippen LogP contribution in [0.25, 0.3) is 22.6 Å². The molecule has 3 aromatic rings. The van der Waals surface area contributed by atoms with Gasteiger partial charge in [0, 0.05) is 29.6 Å². The standard InChI is InChI=1S/C17H13N3O/c18-10-12-4-6-14(7-5-12)16-9-17(21-20-16)15-3-1-2-13(8-15)11-19/h1-11,18-19H. The molecule has 2 N–H and O–H groups in total. The molecule has 2 aromatic carbocycles. The predicted octanol–water partition coefficient (Wildman–Crippen LogP) is 4.00. The van der Waals surface area contributed by atoms with Gasteiger partial charge in [-0.05, 0) is 17.2 Å². The Labute approximate surface area is 122 Å². The quantitative estimate of drug-likeness (QED) is 0.706. The lowest BCUT2D eigenvalue weighted by molar-refractivity contribution is 0.435. The van der Waals surface area contributed by atoms with Gasteiger partial charge in [-0.25, -0.2) is 0 Å². The first-order valence-corrected chi connectivity index (χ1v) is 6.49. The Morgan fingerprint density at radius 3 is 2.29 bits per heavy atom. The number of benzene rings is 2. The van der Waals surface area contributed by atoms with Gasteiger partial charge < -0.3 is 15.3 Å². The number of aromatic nitrogens is 1. The van der Waals surface area contributed by atoms with Crippen molar-refractivity contribution < 1.29 is 4.52 Å². The van der Waals surface area contributed by atoms with Gasteiger partial charge in [-0.3, -0.25) is 0 Å². The summed E-state index contributed by atoms with van der Waals surface area (Å²) in [6.07, 6.45) is 2.61. The summed E-state index contributed by atoms with van der Waals surface area (Å²) in [4.78, 5) is 0. The summed E-state index contributed by atoms with van der Waals surface area (Å²) in [5, 5.41) is 18.6. The smallest absolute Gasteiger partial charge is 0.167 e. The second-order valence-electron chi connectivity index (χ2n) is 4.61. The zero-order chi connectivity index (χ0) is 14.7. The number of hydrogen-bond acceptors (Lipinski definition) is 4. The molecule has 1 heterocycles. The van der Waals surface area contributed by atoms with Crippen LogP contribution in [0.3, 0.4) is 0 Å². The van der Waals surface area contributed by atoms with Crippen molar-refractivity contribution >= 4 is 12.4 Å². The molecule has 0 atom stereocenters. The van der Waals surface area contributed by atoms with E-state index in [9.17, 15) is 0 Å². The highest BCUT2D eigenvalue weighted by Gasteiger charge is 2.08. The SMILES string of the molecule is N=Cc1ccc(-c2cc(-c3cccc(C=N)c3)on2)cc1. The van der Waals surface area contributed by atoms with Gasteiger partial charge in [0.2, 0.25) is 0 Å². The first kappa shape index (κ1) is 13.0. The molecule has 0 saturated heterocycles. The first-order valence-electron chi connectivity index (χ1n) is 6.49. The Morgan fingerprint density at radius 1 is 0.810 bits per heavy atom. The number of hydrogen-bond donors (Lipinski definition) is 2. The third-order valence-corrected chi connectivity index (χ3v) is 3.22. The highest BCUT2D eigenvalue weighted by Crippen LogP contribution is 2.26. The number of nitrogens with zero attached hydrogens (tertiary/aromatic N) is 1. The molecule has 0 bridgehead atoms. The summed E-state index contributed by atoms with van der Waals surface area (Å²) in [5.74, 6) is 0.671. The van der Waals surface area contributed by atoms with E-state index in [0.717, 1.165) is 27.9 Å². The van der Waals surface area contributed by atoms with Crippen LogP contribution in [0.2, 0.25) is 0 Å². The second kappa shape index (κ2) is 5.54. The highest BCUT2D eigenvalue weighted by atomic mass is 16.5. The molecule has 0 saturated carbocycles. The van der Waals surface area contributed by atoms with E-state index in [1.54, 1.807) is 0 Å². The molecule has 0 aliphatic heterocycles. The van der Waals surface area contributed by atoms with Crippen LogP contribution in [-0.4, -0.2) is 17.6 Å². The van der Waals surface area contributed by atoms with Crippen molar-refractivity contribution in [1.29, 1.82) is 10.8 Å². The van der Waals surface area contributed by atoms with E-state index < -0.39 is 0 Å². The van der Waals surface area contributed by atoms with Gasteiger partial charge in [0.15, 0.2) is 5.76 Å². The second-order valence-corrected chi connectivity index (χ2v) is 4.61. The first-order chi connectivity index (χ1) is 10.3. The zero-order valence-corrected chi connectivity index (χ0v) is 11.2. The van der Waals surface area contributed by atoms with E-state index in [2.05, 4.69) is 5.16 Å². The minimum atomic E-state index is 0.671. The minimum absolute atomic E-state index is 0.671. The van der Waals surface area contributed by atoms with Crippen molar-refractivity contribution in [2.45, 2.75) is 0 Å². The zero-order valence-electron chi connectivity index (χ0n) is 11.2. The molecule has 0 unspecified atom stereocenters. The van der Waals surface area contributed by atoms with Crippen molar-refractivity contribution in [2.24, 2.45) is 0 Å². The summed E-state index contributed by atoms with van der Waals surface area (Å²) in [7, 11) is 0. The van der Waals surface area contributed by atoms with E-state index >= 15 is 0 Å². The van der Waals surface area contributed by atoms with Gasteiger partial charge in [-0.15, -0.1) is 0 Å². The Balaban J connectivity index is 1.94. The molecular formula is C17H13N3O. The van der Waals surface area contributed by atoms with Crippen molar-refractivity contribution in [1.82, 2.24) is 5.16 Å². The Hall–Kier alpha value is -3.01. The number of rotatable bonds is 4. The summed E-state index contributed by atoms with van der Waals surface area (Å²) in [6, 6.07) is 17.0. The molecule has 0 fully saturated rings. The van der Waals surface area contributed by atoms with Crippen molar-refractivity contribution in [2.75, 3.05) is 0 Å². The molecule has 0 aliphatic rings. The van der Waals surface area contributed by atoms with Gasteiger partial charge >= 0.3 is 0 Å². The maximum absolute atomic E-state index is 7.29. The Kier molecular flexibility index (Phi) is 3.43. The molecule has 0 radical (unpaired) electrons. The van der Waals surface area contributed by atoms with Crippen LogP contribution in [-0.2, 0) is 0 Å². The third kappa shape index (κ3) is 2.65. The van der Waals surface area contributed by atoms with Crippen molar-refractivity contribution in [3.63, 3.8) is 0 Å². The fourth-order valence-electron chi connectivity index (χ4n) is 2.08. The van der Waals surface area contributed by atoms with E-state index in [1.165, 1.54) is 12.4 Å². The molecule has 0 amide bonds. The van der Waals surface area contributed by atoms with E-state index in [-0.39, 0.29) is 0 Å². The molecule has 102 valence electrons. The lowest BCUT2D eigenvalue weighted by Crippen LogP contribution is -1.81. The highest BCUT2D eigenvalue weighted by molar-refractivity contribution is 5.80. The average molecular weight is 275 g/mol. The van der Waals surface area contributed by atoms with E-state index in [1.807, 2.05) is 54.6 Å². The molecule has 4 heteroatoms. The van der Waals surface area contributed by atoms with E-state index in [0.29, 0.717) is 5.76 Å². The van der Waals surface area contributed by atoms with Crippen LogP contribution in [0.15, 0.2) is 59.1 Å². The van der Waals surface area contributed by atoms with Gasteiger partial charge in [-0.1, -0.05) is 47.6 Å². The molecule has 0 spiro atoms. The van der Waals surface area contributed by atoms with Gasteiger partial charge in [0.1, 0.15) is 5.69 Å². The van der Waals surface area contributed by atoms with Crippen molar-refractivity contribution in [3.8, 4) is 22.6 Å². The molecule has 3 rings (SSSR count). The fourth-order valence-corrected chi connectivity index (χ4v) is 2.08. The van der Waals surface area contributed by atoms with E-state index in [4.69, 9.17) is 15.3 Å². The van der Waals surface area contributed by atoms with Crippen LogP contribution in [0.5, 0.6) is 0 Å². The Bertz CT molecular complexity index is 788. The van der Waals surface area contributed by atoms with Crippen LogP contribution in [0.4, 0.5) is 0 Å². The molecule has 4 nitrogen and oxygen atoms in total. The van der Waals surface area contributed by atoms with Crippen molar-refractivity contribution in [3.05, 3.63) is 65.7 Å².